The highest BCUT2D eigenvalue weighted by atomic mass is 16.2. The second-order valence-electron chi connectivity index (χ2n) is 5.49. The van der Waals surface area contributed by atoms with Crippen LogP contribution in [-0.2, 0) is 9.59 Å². The van der Waals surface area contributed by atoms with Crippen LogP contribution in [0.1, 0.15) is 39.0 Å². The lowest BCUT2D eigenvalue weighted by Crippen LogP contribution is -2.58. The van der Waals surface area contributed by atoms with Crippen molar-refractivity contribution >= 4 is 11.8 Å². The fraction of sp³-hybridized carbons (Fsp3) is 0.846. The number of hydrogen-bond acceptors (Lipinski definition) is 3. The van der Waals surface area contributed by atoms with Gasteiger partial charge in [-0.05, 0) is 45.6 Å². The van der Waals surface area contributed by atoms with Gasteiger partial charge in [-0.25, -0.2) is 0 Å². The molecule has 5 heteroatoms. The zero-order valence-corrected chi connectivity index (χ0v) is 11.1. The summed E-state index contributed by atoms with van der Waals surface area (Å²) in [5.74, 6) is -0.00462. The number of likely N-dealkylation sites (tertiary alicyclic amines) is 1. The van der Waals surface area contributed by atoms with Crippen molar-refractivity contribution in [2.75, 3.05) is 26.2 Å². The third-order valence-electron chi connectivity index (χ3n) is 3.98. The molecule has 5 nitrogen and oxygen atoms in total. The van der Waals surface area contributed by atoms with Crippen LogP contribution in [0.3, 0.4) is 0 Å². The van der Waals surface area contributed by atoms with Crippen molar-refractivity contribution in [1.82, 2.24) is 15.5 Å². The summed E-state index contributed by atoms with van der Waals surface area (Å²) in [4.78, 5) is 25.8. The molecule has 2 saturated heterocycles. The first-order valence-corrected chi connectivity index (χ1v) is 6.93. The molecule has 1 atom stereocenters. The Labute approximate surface area is 108 Å². The summed E-state index contributed by atoms with van der Waals surface area (Å²) in [6.07, 6.45) is 5.20. The molecule has 2 fully saturated rings. The van der Waals surface area contributed by atoms with Crippen molar-refractivity contribution in [3.05, 3.63) is 0 Å². The number of carbonyl (C=O) groups is 2. The van der Waals surface area contributed by atoms with Crippen molar-refractivity contribution < 1.29 is 9.59 Å². The second kappa shape index (κ2) is 5.69. The van der Waals surface area contributed by atoms with Gasteiger partial charge in [0, 0.05) is 13.1 Å². The maximum atomic E-state index is 12.1. The smallest absolute Gasteiger partial charge is 0.241 e. The quantitative estimate of drug-likeness (QED) is 0.758. The van der Waals surface area contributed by atoms with Crippen LogP contribution in [0.2, 0.25) is 0 Å². The molecule has 0 aromatic heterocycles. The van der Waals surface area contributed by atoms with E-state index in [0.29, 0.717) is 0 Å². The van der Waals surface area contributed by atoms with Crippen LogP contribution in [0, 0.1) is 0 Å². The molecule has 102 valence electrons. The van der Waals surface area contributed by atoms with Gasteiger partial charge in [0.05, 0.1) is 12.1 Å². The monoisotopic (exact) mass is 253 g/mol. The summed E-state index contributed by atoms with van der Waals surface area (Å²) in [6, 6.07) is 0. The van der Waals surface area contributed by atoms with E-state index in [1.54, 1.807) is 0 Å². The van der Waals surface area contributed by atoms with Crippen LogP contribution in [0.25, 0.3) is 0 Å². The van der Waals surface area contributed by atoms with E-state index in [0.717, 1.165) is 51.7 Å². The molecule has 0 spiro atoms. The highest BCUT2D eigenvalue weighted by Crippen LogP contribution is 2.18. The van der Waals surface area contributed by atoms with E-state index in [4.69, 9.17) is 0 Å². The van der Waals surface area contributed by atoms with Gasteiger partial charge in [0.15, 0.2) is 0 Å². The molecule has 0 aliphatic carbocycles. The van der Waals surface area contributed by atoms with Crippen LogP contribution in [0.4, 0.5) is 0 Å². The lowest BCUT2D eigenvalue weighted by molar-refractivity contribution is -0.134. The molecule has 0 bridgehead atoms. The molecule has 1 unspecified atom stereocenters. The van der Waals surface area contributed by atoms with E-state index in [9.17, 15) is 9.59 Å². The van der Waals surface area contributed by atoms with E-state index in [2.05, 4.69) is 10.6 Å². The summed E-state index contributed by atoms with van der Waals surface area (Å²) in [7, 11) is 0. The van der Waals surface area contributed by atoms with Gasteiger partial charge in [-0.2, -0.15) is 0 Å². The van der Waals surface area contributed by atoms with E-state index in [1.807, 2.05) is 11.8 Å². The van der Waals surface area contributed by atoms with Gasteiger partial charge in [-0.1, -0.05) is 0 Å². The summed E-state index contributed by atoms with van der Waals surface area (Å²) in [6.45, 7) is 4.61. The SMILES string of the molecule is CC1(C(=O)NCC(=O)N2CCCC2)CCCCN1. The average Bonchev–Trinajstić information content (AvgIpc) is 2.90. The van der Waals surface area contributed by atoms with Crippen molar-refractivity contribution in [2.45, 2.75) is 44.6 Å². The van der Waals surface area contributed by atoms with E-state index < -0.39 is 5.54 Å². The molecule has 0 radical (unpaired) electrons. The Hall–Kier alpha value is -1.10. The Morgan fingerprint density at radius 3 is 2.56 bits per heavy atom. The van der Waals surface area contributed by atoms with E-state index in [-0.39, 0.29) is 18.4 Å². The van der Waals surface area contributed by atoms with Crippen molar-refractivity contribution in [3.8, 4) is 0 Å². The first-order chi connectivity index (χ1) is 8.62. The Kier molecular flexibility index (Phi) is 4.22. The Bertz CT molecular complexity index is 318. The molecule has 0 aromatic carbocycles. The third-order valence-corrected chi connectivity index (χ3v) is 3.98. The molecule has 2 rings (SSSR count). The van der Waals surface area contributed by atoms with Crippen LogP contribution < -0.4 is 10.6 Å². The summed E-state index contributed by atoms with van der Waals surface area (Å²) in [5, 5.41) is 6.03. The van der Waals surface area contributed by atoms with E-state index in [1.165, 1.54) is 0 Å². The molecular weight excluding hydrogens is 230 g/mol. The number of carbonyl (C=O) groups excluding carboxylic acids is 2. The number of rotatable bonds is 3. The predicted octanol–water partition coefficient (Wildman–Crippen LogP) is 0.257. The summed E-state index contributed by atoms with van der Waals surface area (Å²) < 4.78 is 0. The number of nitrogens with zero attached hydrogens (tertiary/aromatic N) is 1. The molecule has 2 aliphatic rings. The summed E-state index contributed by atoms with van der Waals surface area (Å²) in [5.41, 5.74) is -0.496. The van der Waals surface area contributed by atoms with Gasteiger partial charge < -0.3 is 15.5 Å². The fourth-order valence-corrected chi connectivity index (χ4v) is 2.68. The highest BCUT2D eigenvalue weighted by molar-refractivity contribution is 5.90. The Morgan fingerprint density at radius 2 is 1.94 bits per heavy atom. The van der Waals surface area contributed by atoms with Crippen LogP contribution in [0.5, 0.6) is 0 Å². The van der Waals surface area contributed by atoms with Crippen LogP contribution >= 0.6 is 0 Å². The Morgan fingerprint density at radius 1 is 1.22 bits per heavy atom. The second-order valence-corrected chi connectivity index (χ2v) is 5.49. The predicted molar refractivity (Wildman–Crippen MR) is 69.1 cm³/mol. The van der Waals surface area contributed by atoms with Crippen LogP contribution in [-0.4, -0.2) is 48.4 Å². The minimum absolute atomic E-state index is 0.0419. The molecule has 18 heavy (non-hydrogen) atoms. The minimum Gasteiger partial charge on any atom is -0.345 e. The number of nitrogens with one attached hydrogen (secondary N) is 2. The lowest BCUT2D eigenvalue weighted by Gasteiger charge is -2.33. The number of amides is 2. The largest absolute Gasteiger partial charge is 0.345 e. The average molecular weight is 253 g/mol. The summed E-state index contributed by atoms with van der Waals surface area (Å²) >= 11 is 0. The first kappa shape index (κ1) is 13.3. The maximum Gasteiger partial charge on any atom is 0.241 e. The van der Waals surface area contributed by atoms with Gasteiger partial charge in [-0.3, -0.25) is 9.59 Å². The molecule has 0 aromatic rings. The first-order valence-electron chi connectivity index (χ1n) is 6.93. The topological polar surface area (TPSA) is 61.4 Å². The number of piperidine rings is 1. The molecular formula is C13H23N3O2. The molecule has 2 heterocycles. The maximum absolute atomic E-state index is 12.1. The Balaban J connectivity index is 1.78. The lowest BCUT2D eigenvalue weighted by atomic mass is 9.90. The molecule has 2 amide bonds. The van der Waals surface area contributed by atoms with Crippen molar-refractivity contribution in [2.24, 2.45) is 0 Å². The molecule has 2 aliphatic heterocycles. The standard InChI is InChI=1S/C13H23N3O2/c1-13(6-2-3-7-15-13)12(18)14-10-11(17)16-8-4-5-9-16/h15H,2-10H2,1H3,(H,14,18). The van der Waals surface area contributed by atoms with Crippen molar-refractivity contribution in [1.29, 1.82) is 0 Å². The van der Waals surface area contributed by atoms with Gasteiger partial charge in [0.1, 0.15) is 0 Å². The molecule has 0 saturated carbocycles. The normalized spacial score (nSPS) is 28.2. The zero-order valence-electron chi connectivity index (χ0n) is 11.1. The van der Waals surface area contributed by atoms with Gasteiger partial charge in [0.2, 0.25) is 11.8 Å². The number of hydrogen-bond donors (Lipinski definition) is 2. The zero-order chi connectivity index (χ0) is 13.0. The molecule has 2 N–H and O–H groups in total. The highest BCUT2D eigenvalue weighted by Gasteiger charge is 2.34. The van der Waals surface area contributed by atoms with Crippen molar-refractivity contribution in [3.63, 3.8) is 0 Å². The van der Waals surface area contributed by atoms with Gasteiger partial charge in [-0.15, -0.1) is 0 Å². The minimum atomic E-state index is -0.496. The van der Waals surface area contributed by atoms with Gasteiger partial charge >= 0.3 is 0 Å². The van der Waals surface area contributed by atoms with E-state index >= 15 is 0 Å². The van der Waals surface area contributed by atoms with Gasteiger partial charge in [0.25, 0.3) is 0 Å². The fourth-order valence-electron chi connectivity index (χ4n) is 2.68. The third kappa shape index (κ3) is 3.02. The van der Waals surface area contributed by atoms with Crippen LogP contribution in [0.15, 0.2) is 0 Å².